The van der Waals surface area contributed by atoms with Gasteiger partial charge in [0, 0.05) is 4.88 Å². The molecule has 1 heterocycles. The average Bonchev–Trinajstić information content (AvgIpc) is 2.97. The van der Waals surface area contributed by atoms with Crippen molar-refractivity contribution in [2.24, 2.45) is 0 Å². The van der Waals surface area contributed by atoms with Crippen LogP contribution in [0, 0.1) is 0 Å². The molecule has 0 spiro atoms. The molecule has 5 heteroatoms. The number of rotatable bonds is 6. The minimum Gasteiger partial charge on any atom is -0.494 e. The van der Waals surface area contributed by atoms with Crippen molar-refractivity contribution in [2.75, 3.05) is 6.61 Å². The molecule has 1 aromatic carbocycles. The zero-order chi connectivity index (χ0) is 17.1. The van der Waals surface area contributed by atoms with Crippen molar-refractivity contribution < 1.29 is 13.2 Å². The summed E-state index contributed by atoms with van der Waals surface area (Å²) in [4.78, 5) is 0.952. The maximum Gasteiger partial charge on any atom is 0.192 e. The van der Waals surface area contributed by atoms with Crippen LogP contribution in [-0.2, 0) is 9.84 Å². The number of hydrogen-bond acceptors (Lipinski definition) is 4. The van der Waals surface area contributed by atoms with E-state index in [9.17, 15) is 8.42 Å². The molecule has 2 rings (SSSR count). The normalized spacial score (nSPS) is 12.3. The molecule has 1 aromatic heterocycles. The molecule has 0 saturated carbocycles. The number of hydrogen-bond donors (Lipinski definition) is 0. The number of benzene rings is 1. The SMILES string of the molecule is CCCCOc1ccc(-c2ccc(S(=O)(=O)C(C)(C)C)s2)cc1. The van der Waals surface area contributed by atoms with Crippen molar-refractivity contribution in [3.63, 3.8) is 0 Å². The highest BCUT2D eigenvalue weighted by atomic mass is 32.2. The Labute approximate surface area is 143 Å². The van der Waals surface area contributed by atoms with Gasteiger partial charge in [-0.2, -0.15) is 0 Å². The van der Waals surface area contributed by atoms with Crippen LogP contribution < -0.4 is 4.74 Å². The van der Waals surface area contributed by atoms with Crippen molar-refractivity contribution in [1.29, 1.82) is 0 Å². The van der Waals surface area contributed by atoms with Crippen molar-refractivity contribution >= 4 is 21.2 Å². The van der Waals surface area contributed by atoms with Gasteiger partial charge in [-0.15, -0.1) is 11.3 Å². The first-order valence-corrected chi connectivity index (χ1v) is 10.1. The number of thiophene rings is 1. The number of unbranched alkanes of at least 4 members (excludes halogenated alkanes) is 1. The van der Waals surface area contributed by atoms with E-state index in [0.717, 1.165) is 35.6 Å². The topological polar surface area (TPSA) is 43.4 Å². The van der Waals surface area contributed by atoms with E-state index in [0.29, 0.717) is 4.21 Å². The molecular formula is C18H24O3S2. The largest absolute Gasteiger partial charge is 0.494 e. The Bertz CT molecular complexity index is 735. The van der Waals surface area contributed by atoms with Gasteiger partial charge in [0.05, 0.1) is 11.4 Å². The van der Waals surface area contributed by atoms with Gasteiger partial charge in [0.1, 0.15) is 9.96 Å². The fourth-order valence-corrected chi connectivity index (χ4v) is 5.02. The van der Waals surface area contributed by atoms with Crippen LogP contribution in [0.4, 0.5) is 0 Å². The van der Waals surface area contributed by atoms with Crippen molar-refractivity contribution in [3.8, 4) is 16.2 Å². The van der Waals surface area contributed by atoms with E-state index < -0.39 is 14.6 Å². The van der Waals surface area contributed by atoms with Gasteiger partial charge >= 0.3 is 0 Å². The molecule has 0 amide bonds. The Kier molecular flexibility index (Phi) is 5.53. The molecule has 0 fully saturated rings. The van der Waals surface area contributed by atoms with Crippen LogP contribution in [-0.4, -0.2) is 19.8 Å². The molecule has 0 unspecified atom stereocenters. The zero-order valence-corrected chi connectivity index (χ0v) is 15.8. The molecule has 0 radical (unpaired) electrons. The van der Waals surface area contributed by atoms with Crippen molar-refractivity contribution in [1.82, 2.24) is 0 Å². The van der Waals surface area contributed by atoms with Gasteiger partial charge in [-0.05, 0) is 69.2 Å². The predicted molar refractivity (Wildman–Crippen MR) is 97.1 cm³/mol. The lowest BCUT2D eigenvalue weighted by molar-refractivity contribution is 0.309. The molecule has 2 aromatic rings. The van der Waals surface area contributed by atoms with E-state index in [4.69, 9.17) is 4.74 Å². The third kappa shape index (κ3) is 4.15. The maximum absolute atomic E-state index is 12.5. The summed E-state index contributed by atoms with van der Waals surface area (Å²) in [5.74, 6) is 0.848. The Balaban J connectivity index is 2.18. The van der Waals surface area contributed by atoms with Crippen LogP contribution in [0.1, 0.15) is 40.5 Å². The molecule has 126 valence electrons. The van der Waals surface area contributed by atoms with E-state index in [1.165, 1.54) is 11.3 Å². The van der Waals surface area contributed by atoms with Gasteiger partial charge in [0.2, 0.25) is 0 Å². The van der Waals surface area contributed by atoms with Crippen LogP contribution in [0.3, 0.4) is 0 Å². The Hall–Kier alpha value is -1.33. The molecule has 23 heavy (non-hydrogen) atoms. The molecule has 0 aliphatic heterocycles. The van der Waals surface area contributed by atoms with Gasteiger partial charge < -0.3 is 4.74 Å². The summed E-state index contributed by atoms with van der Waals surface area (Å²) in [6, 6.07) is 11.4. The van der Waals surface area contributed by atoms with E-state index in [1.54, 1.807) is 26.8 Å². The third-order valence-electron chi connectivity index (χ3n) is 3.56. The summed E-state index contributed by atoms with van der Waals surface area (Å²) in [5.41, 5.74) is 1.01. The summed E-state index contributed by atoms with van der Waals surface area (Å²) >= 11 is 1.32. The smallest absolute Gasteiger partial charge is 0.192 e. The van der Waals surface area contributed by atoms with Gasteiger partial charge in [-0.3, -0.25) is 0 Å². The lowest BCUT2D eigenvalue weighted by Gasteiger charge is -2.17. The highest BCUT2D eigenvalue weighted by molar-refractivity contribution is 7.94. The van der Waals surface area contributed by atoms with E-state index in [1.807, 2.05) is 30.3 Å². The van der Waals surface area contributed by atoms with Gasteiger partial charge in [-0.25, -0.2) is 8.42 Å². The minimum atomic E-state index is -3.29. The van der Waals surface area contributed by atoms with E-state index >= 15 is 0 Å². The second-order valence-corrected chi connectivity index (χ2v) is 10.5. The monoisotopic (exact) mass is 352 g/mol. The van der Waals surface area contributed by atoms with Crippen molar-refractivity contribution in [2.45, 2.75) is 49.5 Å². The molecular weight excluding hydrogens is 328 g/mol. The highest BCUT2D eigenvalue weighted by Gasteiger charge is 2.32. The average molecular weight is 353 g/mol. The Morgan fingerprint density at radius 1 is 1.04 bits per heavy atom. The van der Waals surface area contributed by atoms with Crippen LogP contribution in [0.5, 0.6) is 5.75 Å². The fourth-order valence-electron chi connectivity index (χ4n) is 1.97. The molecule has 0 saturated heterocycles. The van der Waals surface area contributed by atoms with E-state index in [2.05, 4.69) is 6.92 Å². The first-order chi connectivity index (χ1) is 10.8. The van der Waals surface area contributed by atoms with Gasteiger partial charge in [0.25, 0.3) is 0 Å². The molecule has 0 aliphatic carbocycles. The quantitative estimate of drug-likeness (QED) is 0.674. The second-order valence-electron chi connectivity index (χ2n) is 6.46. The van der Waals surface area contributed by atoms with Crippen LogP contribution >= 0.6 is 11.3 Å². The summed E-state index contributed by atoms with van der Waals surface area (Å²) in [7, 11) is -3.29. The van der Waals surface area contributed by atoms with Crippen LogP contribution in [0.2, 0.25) is 0 Å². The summed E-state index contributed by atoms with van der Waals surface area (Å²) < 4.78 is 30.3. The molecule has 0 atom stereocenters. The molecule has 0 bridgehead atoms. The lowest BCUT2D eigenvalue weighted by Crippen LogP contribution is -2.27. The zero-order valence-electron chi connectivity index (χ0n) is 14.1. The fraction of sp³-hybridized carbons (Fsp3) is 0.444. The highest BCUT2D eigenvalue weighted by Crippen LogP contribution is 2.35. The van der Waals surface area contributed by atoms with Gasteiger partial charge in [-0.1, -0.05) is 13.3 Å². The van der Waals surface area contributed by atoms with Crippen molar-refractivity contribution in [3.05, 3.63) is 36.4 Å². The molecule has 3 nitrogen and oxygen atoms in total. The van der Waals surface area contributed by atoms with Gasteiger partial charge in [0.15, 0.2) is 9.84 Å². The molecule has 0 aliphatic rings. The molecule has 0 N–H and O–H groups in total. The van der Waals surface area contributed by atoms with Crippen LogP contribution in [0.15, 0.2) is 40.6 Å². The number of ether oxygens (including phenoxy) is 1. The number of sulfone groups is 1. The first kappa shape index (κ1) is 18.0. The minimum absolute atomic E-state index is 0.420. The lowest BCUT2D eigenvalue weighted by atomic mass is 10.2. The second kappa shape index (κ2) is 7.05. The van der Waals surface area contributed by atoms with E-state index in [-0.39, 0.29) is 0 Å². The third-order valence-corrected chi connectivity index (χ3v) is 7.67. The predicted octanol–water partition coefficient (Wildman–Crippen LogP) is 5.17. The summed E-state index contributed by atoms with van der Waals surface area (Å²) in [6.07, 6.45) is 2.15. The Morgan fingerprint density at radius 2 is 1.70 bits per heavy atom. The summed E-state index contributed by atoms with van der Waals surface area (Å²) in [6.45, 7) is 8.04. The Morgan fingerprint density at radius 3 is 2.26 bits per heavy atom. The standard InChI is InChI=1S/C18H24O3S2/c1-5-6-13-21-15-9-7-14(8-10-15)16-11-12-17(22-16)23(19,20)18(2,3)4/h7-12H,5-6,13H2,1-4H3. The summed E-state index contributed by atoms with van der Waals surface area (Å²) in [5, 5.41) is 0. The van der Waals surface area contributed by atoms with Crippen LogP contribution in [0.25, 0.3) is 10.4 Å². The first-order valence-electron chi connectivity index (χ1n) is 7.83. The maximum atomic E-state index is 12.5.